The Morgan fingerprint density at radius 3 is 2.38 bits per heavy atom. The molecule has 1 unspecified atom stereocenters. The average Bonchev–Trinajstić information content (AvgIpc) is 2.57. The highest BCUT2D eigenvalue weighted by Crippen LogP contribution is 2.27. The molecule has 1 aliphatic heterocycles. The van der Waals surface area contributed by atoms with Crippen molar-refractivity contribution in [1.29, 1.82) is 0 Å². The minimum Gasteiger partial charge on any atom is -0.389 e. The van der Waals surface area contributed by atoms with Gasteiger partial charge in [-0.05, 0) is 26.2 Å². The van der Waals surface area contributed by atoms with Gasteiger partial charge in [-0.1, -0.05) is 25.7 Å². The van der Waals surface area contributed by atoms with Crippen molar-refractivity contribution in [2.45, 2.75) is 63.0 Å². The van der Waals surface area contributed by atoms with Crippen molar-refractivity contribution in [3.05, 3.63) is 0 Å². The Bertz CT molecular complexity index is 216. The smallest absolute Gasteiger partial charge is 0.0771 e. The highest BCUT2D eigenvalue weighted by molar-refractivity contribution is 4.91. The van der Waals surface area contributed by atoms with Gasteiger partial charge >= 0.3 is 0 Å². The molecule has 2 aliphatic rings. The van der Waals surface area contributed by atoms with Crippen LogP contribution in [-0.2, 0) is 4.74 Å². The van der Waals surface area contributed by atoms with E-state index in [9.17, 15) is 5.11 Å². The normalized spacial score (nSPS) is 34.9. The highest BCUT2D eigenvalue weighted by atomic mass is 16.5. The predicted molar refractivity (Wildman–Crippen MR) is 64.5 cm³/mol. The lowest BCUT2D eigenvalue weighted by molar-refractivity contribution is 0.0172. The first-order valence-corrected chi connectivity index (χ1v) is 6.67. The molecule has 1 saturated heterocycles. The second kappa shape index (κ2) is 5.03. The first-order valence-electron chi connectivity index (χ1n) is 6.67. The third kappa shape index (κ3) is 3.19. The van der Waals surface area contributed by atoms with Crippen molar-refractivity contribution in [3.8, 4) is 0 Å². The molecule has 0 radical (unpaired) electrons. The Kier molecular flexibility index (Phi) is 3.88. The first-order chi connectivity index (χ1) is 7.62. The lowest BCUT2D eigenvalue weighted by atomic mass is 9.92. The molecule has 1 atom stereocenters. The van der Waals surface area contributed by atoms with Crippen LogP contribution in [0.3, 0.4) is 0 Å². The second-order valence-electron chi connectivity index (χ2n) is 5.86. The number of aliphatic hydroxyl groups is 1. The lowest BCUT2D eigenvalue weighted by Crippen LogP contribution is -2.51. The van der Waals surface area contributed by atoms with Gasteiger partial charge in [-0.3, -0.25) is 0 Å². The van der Waals surface area contributed by atoms with Crippen molar-refractivity contribution in [2.24, 2.45) is 0 Å². The van der Waals surface area contributed by atoms with Crippen molar-refractivity contribution in [1.82, 2.24) is 5.32 Å². The van der Waals surface area contributed by atoms with Gasteiger partial charge in [0.15, 0.2) is 0 Å². The third-order valence-electron chi connectivity index (χ3n) is 4.10. The molecule has 16 heavy (non-hydrogen) atoms. The van der Waals surface area contributed by atoms with Gasteiger partial charge in [-0.15, -0.1) is 0 Å². The van der Waals surface area contributed by atoms with Gasteiger partial charge in [0.05, 0.1) is 12.2 Å². The van der Waals surface area contributed by atoms with Gasteiger partial charge in [0, 0.05) is 18.7 Å². The Morgan fingerprint density at radius 1 is 1.12 bits per heavy atom. The lowest BCUT2D eigenvalue weighted by Gasteiger charge is -2.32. The van der Waals surface area contributed by atoms with Crippen LogP contribution in [0.1, 0.15) is 51.9 Å². The molecule has 2 rings (SSSR count). The van der Waals surface area contributed by atoms with Crippen LogP contribution in [-0.4, -0.2) is 36.0 Å². The van der Waals surface area contributed by atoms with E-state index in [1.165, 1.54) is 25.7 Å². The summed E-state index contributed by atoms with van der Waals surface area (Å²) in [5.74, 6) is 0. The molecule has 0 amide bonds. The fourth-order valence-corrected chi connectivity index (χ4v) is 2.75. The van der Waals surface area contributed by atoms with E-state index in [2.05, 4.69) is 12.2 Å². The highest BCUT2D eigenvalue weighted by Gasteiger charge is 2.34. The molecule has 2 N–H and O–H groups in total. The maximum absolute atomic E-state index is 10.5. The van der Waals surface area contributed by atoms with Crippen LogP contribution < -0.4 is 5.32 Å². The van der Waals surface area contributed by atoms with E-state index >= 15 is 0 Å². The molecule has 0 aromatic rings. The van der Waals surface area contributed by atoms with Gasteiger partial charge in [0.2, 0.25) is 0 Å². The van der Waals surface area contributed by atoms with E-state index in [-0.39, 0.29) is 5.54 Å². The number of rotatable bonds is 3. The molecule has 94 valence electrons. The van der Waals surface area contributed by atoms with E-state index in [1.807, 2.05) is 0 Å². The fourth-order valence-electron chi connectivity index (χ4n) is 2.75. The van der Waals surface area contributed by atoms with E-state index < -0.39 is 5.60 Å². The van der Waals surface area contributed by atoms with Gasteiger partial charge in [-0.2, -0.15) is 0 Å². The molecule has 0 spiro atoms. The number of nitrogens with one attached hydrogen (secondary N) is 1. The van der Waals surface area contributed by atoms with E-state index in [0.29, 0.717) is 0 Å². The molecule has 3 nitrogen and oxygen atoms in total. The Balaban J connectivity index is 1.82. The number of ether oxygens (including phenoxy) is 1. The van der Waals surface area contributed by atoms with Crippen LogP contribution in [0.2, 0.25) is 0 Å². The summed E-state index contributed by atoms with van der Waals surface area (Å²) in [6.45, 7) is 4.55. The fraction of sp³-hybridized carbons (Fsp3) is 1.00. The van der Waals surface area contributed by atoms with Crippen LogP contribution in [0.4, 0.5) is 0 Å². The van der Waals surface area contributed by atoms with Crippen molar-refractivity contribution < 1.29 is 9.84 Å². The number of hydrogen-bond acceptors (Lipinski definition) is 3. The largest absolute Gasteiger partial charge is 0.389 e. The van der Waals surface area contributed by atoms with Crippen LogP contribution in [0.25, 0.3) is 0 Å². The van der Waals surface area contributed by atoms with Crippen LogP contribution in [0.5, 0.6) is 0 Å². The molecular weight excluding hydrogens is 202 g/mol. The Labute approximate surface area is 98.6 Å². The van der Waals surface area contributed by atoms with E-state index in [4.69, 9.17) is 4.74 Å². The van der Waals surface area contributed by atoms with Crippen LogP contribution in [0, 0.1) is 0 Å². The summed E-state index contributed by atoms with van der Waals surface area (Å²) in [6.07, 6.45) is 7.87. The third-order valence-corrected chi connectivity index (χ3v) is 4.10. The maximum Gasteiger partial charge on any atom is 0.0771 e. The quantitative estimate of drug-likeness (QED) is 0.723. The molecule has 0 aromatic heterocycles. The molecule has 0 bridgehead atoms. The molecule has 2 fully saturated rings. The van der Waals surface area contributed by atoms with Crippen molar-refractivity contribution in [3.63, 3.8) is 0 Å². The summed E-state index contributed by atoms with van der Waals surface area (Å²) in [5, 5.41) is 14.0. The van der Waals surface area contributed by atoms with Gasteiger partial charge < -0.3 is 15.2 Å². The molecular formula is C13H25NO2. The standard InChI is InChI=1S/C13H25NO2/c1-12(8-9-16-11-12)14-10-13(15)6-4-2-3-5-7-13/h14-15H,2-11H2,1H3. The van der Waals surface area contributed by atoms with Crippen LogP contribution in [0.15, 0.2) is 0 Å². The Hall–Kier alpha value is -0.120. The minimum atomic E-state index is -0.470. The van der Waals surface area contributed by atoms with Crippen LogP contribution >= 0.6 is 0 Å². The van der Waals surface area contributed by atoms with Crippen molar-refractivity contribution in [2.75, 3.05) is 19.8 Å². The van der Waals surface area contributed by atoms with E-state index in [0.717, 1.165) is 39.0 Å². The predicted octanol–water partition coefficient (Wildman–Crippen LogP) is 1.84. The zero-order valence-electron chi connectivity index (χ0n) is 10.4. The van der Waals surface area contributed by atoms with Gasteiger partial charge in [0.25, 0.3) is 0 Å². The number of β-amino-alcohol motifs (C(OH)–C–C–N with tert-alkyl or cyclic N) is 1. The van der Waals surface area contributed by atoms with Crippen molar-refractivity contribution >= 4 is 0 Å². The number of hydrogen-bond donors (Lipinski definition) is 2. The first kappa shape index (κ1) is 12.3. The summed E-state index contributed by atoms with van der Waals surface area (Å²) in [6, 6.07) is 0. The molecule has 1 aliphatic carbocycles. The zero-order chi connectivity index (χ0) is 11.5. The molecule has 3 heteroatoms. The second-order valence-corrected chi connectivity index (χ2v) is 5.86. The monoisotopic (exact) mass is 227 g/mol. The maximum atomic E-state index is 10.5. The van der Waals surface area contributed by atoms with E-state index in [1.54, 1.807) is 0 Å². The summed E-state index contributed by atoms with van der Waals surface area (Å²) in [4.78, 5) is 0. The molecule has 1 saturated carbocycles. The SMILES string of the molecule is CC1(NCC2(O)CCCCCC2)CCOC1. The summed E-state index contributed by atoms with van der Waals surface area (Å²) < 4.78 is 5.41. The molecule has 1 heterocycles. The summed E-state index contributed by atoms with van der Waals surface area (Å²) in [7, 11) is 0. The van der Waals surface area contributed by atoms with Gasteiger partial charge in [-0.25, -0.2) is 0 Å². The van der Waals surface area contributed by atoms with Gasteiger partial charge in [0.1, 0.15) is 0 Å². The zero-order valence-corrected chi connectivity index (χ0v) is 10.4. The minimum absolute atomic E-state index is 0.0854. The molecule has 0 aromatic carbocycles. The average molecular weight is 227 g/mol. The summed E-state index contributed by atoms with van der Waals surface area (Å²) in [5.41, 5.74) is -0.385. The topological polar surface area (TPSA) is 41.5 Å². The Morgan fingerprint density at radius 2 is 1.81 bits per heavy atom. The summed E-state index contributed by atoms with van der Waals surface area (Å²) >= 11 is 0.